The van der Waals surface area contributed by atoms with E-state index in [4.69, 9.17) is 26.8 Å². The number of barbiturate groups is 1. The smallest absolute Gasteiger partial charge is 0.335 e. The molecule has 0 saturated carbocycles. The summed E-state index contributed by atoms with van der Waals surface area (Å²) in [6.07, 6.45) is 1.30. The second kappa shape index (κ2) is 9.19. The number of nitrogens with zero attached hydrogens (tertiary/aromatic N) is 1. The largest absolute Gasteiger partial charge is 0.493 e. The molecule has 2 aromatic rings. The van der Waals surface area contributed by atoms with Crippen LogP contribution in [0.4, 0.5) is 10.5 Å². The molecule has 0 unspecified atom stereocenters. The van der Waals surface area contributed by atoms with E-state index in [1.54, 1.807) is 18.2 Å². The number of hydrogen-bond acceptors (Lipinski definition) is 6. The average Bonchev–Trinajstić information content (AvgIpc) is 2.69. The van der Waals surface area contributed by atoms with Gasteiger partial charge in [0, 0.05) is 5.02 Å². The molecule has 1 aliphatic heterocycles. The highest BCUT2D eigenvalue weighted by Crippen LogP contribution is 2.37. The Kier molecular flexibility index (Phi) is 6.62. The van der Waals surface area contributed by atoms with E-state index >= 15 is 0 Å². The molecule has 3 rings (SSSR count). The Hall–Kier alpha value is -3.37. The first kappa shape index (κ1) is 22.3. The van der Waals surface area contributed by atoms with Crippen molar-refractivity contribution in [1.29, 1.82) is 0 Å². The van der Waals surface area contributed by atoms with Crippen molar-refractivity contribution in [3.05, 3.63) is 57.0 Å². The summed E-state index contributed by atoms with van der Waals surface area (Å²) in [4.78, 5) is 49.4. The van der Waals surface area contributed by atoms with Gasteiger partial charge in [0.1, 0.15) is 5.57 Å². The fourth-order valence-corrected chi connectivity index (χ4v) is 3.54. The fourth-order valence-electron chi connectivity index (χ4n) is 2.78. The van der Waals surface area contributed by atoms with Crippen LogP contribution in [0.25, 0.3) is 6.08 Å². The van der Waals surface area contributed by atoms with Crippen LogP contribution in [0.1, 0.15) is 5.56 Å². The number of anilines is 1. The van der Waals surface area contributed by atoms with Crippen LogP contribution in [-0.2, 0) is 14.4 Å². The Labute approximate surface area is 189 Å². The summed E-state index contributed by atoms with van der Waals surface area (Å²) in [7, 11) is 1.38. The average molecular weight is 509 g/mol. The standard InChI is InChI=1S/C20H15BrClN3O6/c1-30-15-7-10(6-14(21)17(15)31-9-16(23)26)5-13-18(27)24-20(29)25(19(13)28)12-4-2-3-11(22)8-12/h2-8H,9H2,1H3,(H2,23,26)(H,24,27,29)/b13-5+. The van der Waals surface area contributed by atoms with E-state index in [2.05, 4.69) is 21.2 Å². The van der Waals surface area contributed by atoms with E-state index in [0.717, 1.165) is 4.90 Å². The van der Waals surface area contributed by atoms with E-state index in [-0.39, 0.29) is 29.4 Å². The summed E-state index contributed by atoms with van der Waals surface area (Å²) in [6.45, 7) is -0.368. The molecule has 0 radical (unpaired) electrons. The number of urea groups is 1. The maximum atomic E-state index is 13.0. The first-order valence-electron chi connectivity index (χ1n) is 8.67. The second-order valence-electron chi connectivity index (χ2n) is 6.23. The predicted octanol–water partition coefficient (Wildman–Crippen LogP) is 2.64. The molecule has 1 heterocycles. The van der Waals surface area contributed by atoms with Crippen molar-refractivity contribution in [2.45, 2.75) is 0 Å². The quantitative estimate of drug-likeness (QED) is 0.456. The molecule has 2 aromatic carbocycles. The van der Waals surface area contributed by atoms with Gasteiger partial charge in [0.2, 0.25) is 0 Å². The number of halogens is 2. The van der Waals surface area contributed by atoms with Gasteiger partial charge in [-0.2, -0.15) is 0 Å². The SMILES string of the molecule is COc1cc(/C=C2\C(=O)NC(=O)N(c3cccc(Cl)c3)C2=O)cc(Br)c1OCC(N)=O. The molecule has 9 nitrogen and oxygen atoms in total. The van der Waals surface area contributed by atoms with Crippen molar-refractivity contribution in [1.82, 2.24) is 5.32 Å². The number of methoxy groups -OCH3 is 1. The molecule has 3 N–H and O–H groups in total. The number of rotatable bonds is 6. The summed E-state index contributed by atoms with van der Waals surface area (Å²) < 4.78 is 11.0. The lowest BCUT2D eigenvalue weighted by atomic mass is 10.1. The van der Waals surface area contributed by atoms with Crippen LogP contribution in [0.15, 0.2) is 46.4 Å². The van der Waals surface area contributed by atoms with E-state index in [9.17, 15) is 19.2 Å². The number of carbonyl (C=O) groups excluding carboxylic acids is 4. The van der Waals surface area contributed by atoms with Crippen molar-refractivity contribution in [2.75, 3.05) is 18.6 Å². The minimum atomic E-state index is -0.886. The van der Waals surface area contributed by atoms with Crippen LogP contribution in [0.2, 0.25) is 5.02 Å². The molecule has 1 aliphatic rings. The number of benzene rings is 2. The number of carbonyl (C=O) groups is 4. The third kappa shape index (κ3) is 4.86. The van der Waals surface area contributed by atoms with Crippen LogP contribution in [0, 0.1) is 0 Å². The molecular formula is C20H15BrClN3O6. The van der Waals surface area contributed by atoms with Gasteiger partial charge in [-0.3, -0.25) is 19.7 Å². The van der Waals surface area contributed by atoms with Crippen molar-refractivity contribution < 1.29 is 28.7 Å². The molecule has 1 fully saturated rings. The normalized spacial score (nSPS) is 15.1. The molecule has 5 amide bonds. The van der Waals surface area contributed by atoms with Gasteiger partial charge in [-0.1, -0.05) is 17.7 Å². The number of amides is 5. The first-order valence-corrected chi connectivity index (χ1v) is 9.84. The molecule has 0 bridgehead atoms. The Balaban J connectivity index is 2.00. The molecular weight excluding hydrogens is 494 g/mol. The predicted molar refractivity (Wildman–Crippen MR) is 116 cm³/mol. The Bertz CT molecular complexity index is 1130. The third-order valence-corrected chi connectivity index (χ3v) is 4.91. The van der Waals surface area contributed by atoms with Crippen LogP contribution in [-0.4, -0.2) is 37.5 Å². The summed E-state index contributed by atoms with van der Waals surface area (Å²) in [6, 6.07) is 8.26. The minimum Gasteiger partial charge on any atom is -0.493 e. The third-order valence-electron chi connectivity index (χ3n) is 4.09. The van der Waals surface area contributed by atoms with Crippen LogP contribution in [0.3, 0.4) is 0 Å². The van der Waals surface area contributed by atoms with Gasteiger partial charge in [0.05, 0.1) is 17.3 Å². The summed E-state index contributed by atoms with van der Waals surface area (Å²) in [5.41, 5.74) is 5.43. The van der Waals surface area contributed by atoms with E-state index < -0.39 is 23.8 Å². The molecule has 0 atom stereocenters. The summed E-state index contributed by atoms with van der Waals surface area (Å²) >= 11 is 9.25. The van der Waals surface area contributed by atoms with Crippen LogP contribution < -0.4 is 25.4 Å². The van der Waals surface area contributed by atoms with Crippen LogP contribution >= 0.6 is 27.5 Å². The minimum absolute atomic E-state index is 0.211. The fraction of sp³-hybridized carbons (Fsp3) is 0.100. The monoisotopic (exact) mass is 507 g/mol. The van der Waals surface area contributed by atoms with Gasteiger partial charge >= 0.3 is 6.03 Å². The van der Waals surface area contributed by atoms with Crippen LogP contribution in [0.5, 0.6) is 11.5 Å². The van der Waals surface area contributed by atoms with Crippen molar-refractivity contribution >= 4 is 63.0 Å². The van der Waals surface area contributed by atoms with E-state index in [1.165, 1.54) is 31.4 Å². The number of imide groups is 2. The molecule has 31 heavy (non-hydrogen) atoms. The lowest BCUT2D eigenvalue weighted by Crippen LogP contribution is -2.54. The highest BCUT2D eigenvalue weighted by Gasteiger charge is 2.37. The Morgan fingerprint density at radius 3 is 2.65 bits per heavy atom. The van der Waals surface area contributed by atoms with Gasteiger partial charge in [-0.05, 0) is 57.9 Å². The van der Waals surface area contributed by atoms with Gasteiger partial charge in [-0.15, -0.1) is 0 Å². The highest BCUT2D eigenvalue weighted by molar-refractivity contribution is 9.10. The van der Waals surface area contributed by atoms with Gasteiger partial charge in [0.25, 0.3) is 17.7 Å². The molecule has 0 aliphatic carbocycles. The van der Waals surface area contributed by atoms with Gasteiger partial charge < -0.3 is 15.2 Å². The number of nitrogens with two attached hydrogens (primary N) is 1. The van der Waals surface area contributed by atoms with Crippen molar-refractivity contribution in [3.63, 3.8) is 0 Å². The lowest BCUT2D eigenvalue weighted by molar-refractivity contribution is -0.123. The number of hydrogen-bond donors (Lipinski definition) is 2. The highest BCUT2D eigenvalue weighted by atomic mass is 79.9. The topological polar surface area (TPSA) is 128 Å². The number of primary amides is 1. The summed E-state index contributed by atoms with van der Waals surface area (Å²) in [5.74, 6) is -1.89. The molecule has 0 spiro atoms. The van der Waals surface area contributed by atoms with Gasteiger partial charge in [-0.25, -0.2) is 9.69 Å². The number of nitrogens with one attached hydrogen (secondary N) is 1. The zero-order valence-electron chi connectivity index (χ0n) is 16.0. The lowest BCUT2D eigenvalue weighted by Gasteiger charge is -2.26. The van der Waals surface area contributed by atoms with E-state index in [0.29, 0.717) is 15.1 Å². The zero-order chi connectivity index (χ0) is 22.7. The van der Waals surface area contributed by atoms with Crippen molar-refractivity contribution in [2.24, 2.45) is 5.73 Å². The second-order valence-corrected chi connectivity index (χ2v) is 7.52. The van der Waals surface area contributed by atoms with E-state index in [1.807, 2.05) is 0 Å². The Morgan fingerprint density at radius 2 is 2.00 bits per heavy atom. The maximum Gasteiger partial charge on any atom is 0.335 e. The molecule has 0 aromatic heterocycles. The Morgan fingerprint density at radius 1 is 1.26 bits per heavy atom. The number of ether oxygens (including phenoxy) is 2. The maximum absolute atomic E-state index is 13.0. The van der Waals surface area contributed by atoms with Crippen molar-refractivity contribution in [3.8, 4) is 11.5 Å². The molecule has 11 heteroatoms. The van der Waals surface area contributed by atoms with Gasteiger partial charge in [0.15, 0.2) is 18.1 Å². The summed E-state index contributed by atoms with van der Waals surface area (Å²) in [5, 5.41) is 2.45. The zero-order valence-corrected chi connectivity index (χ0v) is 18.3. The molecule has 160 valence electrons. The first-order chi connectivity index (χ1) is 14.7. The molecule has 1 saturated heterocycles.